The molecule has 2 aliphatic heterocycles. The fourth-order valence-corrected chi connectivity index (χ4v) is 8.08. The van der Waals surface area contributed by atoms with Crippen molar-refractivity contribution in [1.29, 1.82) is 0 Å². The van der Waals surface area contributed by atoms with E-state index in [9.17, 15) is 30.0 Å². The number of esters is 1. The maximum Gasteiger partial charge on any atom is 0.333 e. The first-order valence-corrected chi connectivity index (χ1v) is 15.2. The third-order valence-electron chi connectivity index (χ3n) is 10.2. The molecule has 0 unspecified atom stereocenters. The summed E-state index contributed by atoms with van der Waals surface area (Å²) >= 11 is 0. The SMILES string of the molecule is C=C[C@@H]1[C@H](CC(=O)O)C(C(=O)OC)=CC[C@H]1O[C@@H]1O[C@H](CO)[C@]23OC=c4[n-]c(CC5CCCC5)cc4=C2CC[C@@]1(O)[C@H]3O. The van der Waals surface area contributed by atoms with Gasteiger partial charge in [0.25, 0.3) is 0 Å². The topological polar surface area (TPSA) is 166 Å². The van der Waals surface area contributed by atoms with Crippen molar-refractivity contribution in [3.63, 3.8) is 0 Å². The molecule has 8 atom stereocenters. The number of carbonyl (C=O) groups excluding carboxylic acids is 1. The summed E-state index contributed by atoms with van der Waals surface area (Å²) in [6.45, 7) is 3.34. The van der Waals surface area contributed by atoms with Crippen LogP contribution in [-0.2, 0) is 35.0 Å². The molecule has 4 N–H and O–H groups in total. The maximum atomic E-state index is 12.4. The van der Waals surface area contributed by atoms with Gasteiger partial charge in [0, 0.05) is 17.4 Å². The zero-order valence-electron chi connectivity index (χ0n) is 24.3. The number of nitrogens with zero attached hydrogens (tertiary/aromatic N) is 1. The van der Waals surface area contributed by atoms with Crippen molar-refractivity contribution < 1.29 is 49.0 Å². The minimum absolute atomic E-state index is 0.0906. The van der Waals surface area contributed by atoms with Crippen LogP contribution in [0.15, 0.2) is 30.4 Å². The van der Waals surface area contributed by atoms with Crippen molar-refractivity contribution in [2.75, 3.05) is 13.7 Å². The van der Waals surface area contributed by atoms with Crippen molar-refractivity contribution >= 4 is 23.8 Å². The molecule has 11 nitrogen and oxygen atoms in total. The van der Waals surface area contributed by atoms with Gasteiger partial charge in [-0.05, 0) is 42.4 Å². The number of methoxy groups -OCH3 is 1. The minimum Gasteiger partial charge on any atom is -0.658 e. The lowest BCUT2D eigenvalue weighted by atomic mass is 9.63. The number of carbonyl (C=O) groups is 2. The van der Waals surface area contributed by atoms with Crippen LogP contribution in [0.2, 0.25) is 0 Å². The van der Waals surface area contributed by atoms with Crippen LogP contribution in [-0.4, -0.2) is 81.9 Å². The van der Waals surface area contributed by atoms with E-state index in [1.165, 1.54) is 45.1 Å². The van der Waals surface area contributed by atoms with Crippen molar-refractivity contribution in [3.8, 4) is 0 Å². The number of fused-ring (bicyclic) bond motifs is 2. The predicted molar refractivity (Wildman–Crippen MR) is 151 cm³/mol. The minimum atomic E-state index is -1.91. The number of aliphatic hydroxyl groups is 3. The lowest BCUT2D eigenvalue weighted by molar-refractivity contribution is -0.371. The second-order valence-corrected chi connectivity index (χ2v) is 12.5. The molecule has 11 heteroatoms. The maximum absolute atomic E-state index is 12.4. The summed E-state index contributed by atoms with van der Waals surface area (Å²) in [5.74, 6) is -2.55. The molecule has 0 amide bonds. The number of carboxylic acid groups (broad SMARTS) is 1. The summed E-state index contributed by atoms with van der Waals surface area (Å²) in [5.41, 5.74) is -1.52. The summed E-state index contributed by atoms with van der Waals surface area (Å²) in [4.78, 5) is 28.9. The van der Waals surface area contributed by atoms with E-state index in [-0.39, 0.29) is 24.8 Å². The first kappa shape index (κ1) is 30.1. The molecular formula is C32H40NO10-. The Kier molecular flexibility index (Phi) is 8.06. The molecule has 1 aromatic rings. The second kappa shape index (κ2) is 11.5. The Morgan fingerprint density at radius 1 is 1.28 bits per heavy atom. The van der Waals surface area contributed by atoms with Crippen LogP contribution < -0.4 is 15.6 Å². The largest absolute Gasteiger partial charge is 0.658 e. The zero-order valence-corrected chi connectivity index (χ0v) is 24.3. The second-order valence-electron chi connectivity index (χ2n) is 12.5. The molecule has 2 bridgehead atoms. The molecular weight excluding hydrogens is 558 g/mol. The van der Waals surface area contributed by atoms with E-state index < -0.39 is 66.2 Å². The number of aliphatic carboxylic acids is 1. The first-order valence-electron chi connectivity index (χ1n) is 15.2. The predicted octanol–water partition coefficient (Wildman–Crippen LogP) is 0.419. The standard InChI is InChI=1S/C32H40NO10/c1-3-19-21(14-27(35)36)20(28(37)40-2)8-9-25(19)42-30-31(39)11-10-23-22-13-18(12-17-6-4-5-7-17)33-24(22)16-41-32(23,29(31)38)26(15-34)43-30/h3,8,13,16-17,19,21,25-26,29-30,34,38-39H,1,4-7,9-12,14-15H2,2H3,(H,35,36)/q-1/t19-,21+,25-,26-,29-,30-,31-,32-/m1/s1. The highest BCUT2D eigenvalue weighted by Crippen LogP contribution is 2.53. The van der Waals surface area contributed by atoms with E-state index in [2.05, 4.69) is 6.58 Å². The Bertz CT molecular complexity index is 1430. The molecule has 3 fully saturated rings. The molecule has 1 aromatic heterocycles. The van der Waals surface area contributed by atoms with Gasteiger partial charge in [0.2, 0.25) is 0 Å². The monoisotopic (exact) mass is 598 g/mol. The zero-order chi connectivity index (χ0) is 30.5. The summed E-state index contributed by atoms with van der Waals surface area (Å²) in [7, 11) is 1.23. The molecule has 6 rings (SSSR count). The summed E-state index contributed by atoms with van der Waals surface area (Å²) in [6, 6.07) is 2.04. The van der Waals surface area contributed by atoms with Gasteiger partial charge in [0.05, 0.1) is 32.5 Å². The van der Waals surface area contributed by atoms with Gasteiger partial charge in [0.15, 0.2) is 11.9 Å². The van der Waals surface area contributed by atoms with Gasteiger partial charge in [-0.15, -0.1) is 6.58 Å². The Balaban J connectivity index is 1.31. The van der Waals surface area contributed by atoms with Crippen LogP contribution in [0.5, 0.6) is 0 Å². The summed E-state index contributed by atoms with van der Waals surface area (Å²) in [6.07, 6.45) is 5.89. The van der Waals surface area contributed by atoms with Gasteiger partial charge < -0.3 is 44.4 Å². The van der Waals surface area contributed by atoms with Crippen LogP contribution in [0.25, 0.3) is 11.8 Å². The summed E-state index contributed by atoms with van der Waals surface area (Å²) in [5, 5.41) is 45.5. The Hall–Kier alpha value is -2.96. The van der Waals surface area contributed by atoms with Gasteiger partial charge >= 0.3 is 11.9 Å². The van der Waals surface area contributed by atoms with E-state index in [4.69, 9.17) is 23.9 Å². The van der Waals surface area contributed by atoms with Crippen molar-refractivity contribution in [2.45, 2.75) is 93.6 Å². The molecule has 1 saturated heterocycles. The Labute approximate surface area is 249 Å². The van der Waals surface area contributed by atoms with Gasteiger partial charge in [-0.1, -0.05) is 49.3 Å². The average Bonchev–Trinajstić information content (AvgIpc) is 3.65. The molecule has 0 aromatic carbocycles. The lowest BCUT2D eigenvalue weighted by Crippen LogP contribution is -2.77. The molecule has 5 aliphatic rings. The Morgan fingerprint density at radius 3 is 2.72 bits per heavy atom. The van der Waals surface area contributed by atoms with Crippen LogP contribution in [0.3, 0.4) is 0 Å². The highest BCUT2D eigenvalue weighted by molar-refractivity contribution is 5.90. The fraction of sp³-hybridized carbons (Fsp3) is 0.625. The summed E-state index contributed by atoms with van der Waals surface area (Å²) < 4.78 is 23.7. The van der Waals surface area contributed by atoms with Gasteiger partial charge in [-0.2, -0.15) is 5.69 Å². The average molecular weight is 599 g/mol. The molecule has 3 aliphatic carbocycles. The number of aliphatic hydroxyl groups excluding tert-OH is 2. The van der Waals surface area contributed by atoms with Crippen LogP contribution in [0, 0.1) is 17.8 Å². The van der Waals surface area contributed by atoms with Crippen LogP contribution >= 0.6 is 0 Å². The Morgan fingerprint density at radius 2 is 2.05 bits per heavy atom. The number of hydrogen-bond acceptors (Lipinski definition) is 9. The molecule has 1 spiro atoms. The number of carboxylic acids is 1. The van der Waals surface area contributed by atoms with Gasteiger partial charge in [0.1, 0.15) is 17.8 Å². The number of ether oxygens (including phenoxy) is 4. The third-order valence-corrected chi connectivity index (χ3v) is 10.2. The third kappa shape index (κ3) is 4.85. The van der Waals surface area contributed by atoms with Crippen molar-refractivity contribution in [3.05, 3.63) is 46.6 Å². The molecule has 3 heterocycles. The van der Waals surface area contributed by atoms with E-state index in [1.807, 2.05) is 6.07 Å². The van der Waals surface area contributed by atoms with E-state index in [0.29, 0.717) is 17.7 Å². The smallest absolute Gasteiger partial charge is 0.333 e. The quantitative estimate of drug-likeness (QED) is 0.230. The van der Waals surface area contributed by atoms with E-state index in [1.54, 1.807) is 6.08 Å². The lowest BCUT2D eigenvalue weighted by Gasteiger charge is -2.60. The number of hydrogen-bond donors (Lipinski definition) is 4. The highest BCUT2D eigenvalue weighted by Gasteiger charge is 2.69. The van der Waals surface area contributed by atoms with Crippen molar-refractivity contribution in [1.82, 2.24) is 4.98 Å². The van der Waals surface area contributed by atoms with E-state index in [0.717, 1.165) is 22.9 Å². The highest BCUT2D eigenvalue weighted by atomic mass is 16.7. The normalized spacial score (nSPS) is 36.9. The van der Waals surface area contributed by atoms with Crippen molar-refractivity contribution in [2.24, 2.45) is 17.8 Å². The van der Waals surface area contributed by atoms with Gasteiger partial charge in [-0.25, -0.2) is 4.79 Å². The fourth-order valence-electron chi connectivity index (χ4n) is 8.08. The van der Waals surface area contributed by atoms with E-state index >= 15 is 0 Å². The van der Waals surface area contributed by atoms with Gasteiger partial charge in [-0.3, -0.25) is 4.79 Å². The van der Waals surface area contributed by atoms with Crippen LogP contribution in [0.4, 0.5) is 0 Å². The number of rotatable bonds is 9. The first-order chi connectivity index (χ1) is 20.7. The number of aromatic nitrogens is 1. The molecule has 43 heavy (non-hydrogen) atoms. The molecule has 234 valence electrons. The molecule has 0 radical (unpaired) electrons. The van der Waals surface area contributed by atoms with Crippen LogP contribution in [0.1, 0.15) is 57.1 Å². The molecule has 2 saturated carbocycles.